The standard InChI is InChI=1S/C18H22N8O/c1-27-7-5-21-10-14(8-19)15-11-23-17(20)18(25-15)24-9-13-2-3-16-22-4-6-26(16)12-13/h2-4,6,8,10-12,19,21H,5,7,9H2,1H3,(H2,20,23)(H,24,25)/b14-10+,19-8?. The molecule has 0 spiro atoms. The molecule has 3 heterocycles. The number of rotatable bonds is 9. The molecule has 27 heavy (non-hydrogen) atoms. The second-order valence-electron chi connectivity index (χ2n) is 5.76. The van der Waals surface area contributed by atoms with Gasteiger partial charge in [-0.25, -0.2) is 15.0 Å². The number of fused-ring (bicyclic) bond motifs is 1. The molecule has 140 valence electrons. The summed E-state index contributed by atoms with van der Waals surface area (Å²) < 4.78 is 6.93. The summed E-state index contributed by atoms with van der Waals surface area (Å²) in [5.41, 5.74) is 9.04. The van der Waals surface area contributed by atoms with Crippen molar-refractivity contribution in [3.63, 3.8) is 0 Å². The average Bonchev–Trinajstić information content (AvgIpc) is 3.15. The van der Waals surface area contributed by atoms with Crippen LogP contribution in [0.15, 0.2) is 43.1 Å². The second kappa shape index (κ2) is 8.77. The number of nitrogens with zero attached hydrogens (tertiary/aromatic N) is 4. The quantitative estimate of drug-likeness (QED) is 0.334. The summed E-state index contributed by atoms with van der Waals surface area (Å²) in [7, 11) is 1.64. The van der Waals surface area contributed by atoms with Crippen LogP contribution in [0.3, 0.4) is 0 Å². The Bertz CT molecular complexity index is 949. The van der Waals surface area contributed by atoms with Crippen molar-refractivity contribution in [3.05, 3.63) is 54.4 Å². The lowest BCUT2D eigenvalue weighted by atomic mass is 10.2. The Kier molecular flexibility index (Phi) is 5.95. The highest BCUT2D eigenvalue weighted by atomic mass is 16.5. The van der Waals surface area contributed by atoms with Crippen molar-refractivity contribution >= 4 is 29.1 Å². The number of hydrogen-bond donors (Lipinski definition) is 4. The molecule has 0 aliphatic carbocycles. The minimum absolute atomic E-state index is 0.305. The van der Waals surface area contributed by atoms with Crippen LogP contribution in [-0.2, 0) is 11.3 Å². The van der Waals surface area contributed by atoms with Crippen molar-refractivity contribution in [1.29, 1.82) is 5.41 Å². The van der Waals surface area contributed by atoms with E-state index in [1.165, 1.54) is 6.21 Å². The predicted octanol–water partition coefficient (Wildman–Crippen LogP) is 1.55. The maximum atomic E-state index is 7.61. The van der Waals surface area contributed by atoms with E-state index in [9.17, 15) is 0 Å². The monoisotopic (exact) mass is 366 g/mol. The lowest BCUT2D eigenvalue weighted by molar-refractivity contribution is 0.203. The summed E-state index contributed by atoms with van der Waals surface area (Å²) in [5.74, 6) is 0.780. The van der Waals surface area contributed by atoms with Crippen LogP contribution in [0.4, 0.5) is 11.6 Å². The summed E-state index contributed by atoms with van der Waals surface area (Å²) in [5, 5.41) is 13.9. The van der Waals surface area contributed by atoms with Gasteiger partial charge in [-0.3, -0.25) is 0 Å². The minimum atomic E-state index is 0.305. The van der Waals surface area contributed by atoms with E-state index < -0.39 is 0 Å². The zero-order valence-corrected chi connectivity index (χ0v) is 15.0. The molecule has 0 aliphatic rings. The summed E-state index contributed by atoms with van der Waals surface area (Å²) in [6, 6.07) is 3.94. The Balaban J connectivity index is 1.73. The predicted molar refractivity (Wildman–Crippen MR) is 106 cm³/mol. The second-order valence-corrected chi connectivity index (χ2v) is 5.76. The van der Waals surface area contributed by atoms with Gasteiger partial charge in [-0.2, -0.15) is 0 Å². The van der Waals surface area contributed by atoms with Gasteiger partial charge in [0.05, 0.1) is 18.5 Å². The van der Waals surface area contributed by atoms with E-state index in [4.69, 9.17) is 15.9 Å². The van der Waals surface area contributed by atoms with Crippen molar-refractivity contribution in [3.8, 4) is 0 Å². The van der Waals surface area contributed by atoms with Crippen molar-refractivity contribution in [2.24, 2.45) is 0 Å². The number of nitrogens with two attached hydrogens (primary N) is 1. The first kappa shape index (κ1) is 18.3. The third-order valence-electron chi connectivity index (χ3n) is 3.87. The van der Waals surface area contributed by atoms with Crippen LogP contribution >= 0.6 is 0 Å². The summed E-state index contributed by atoms with van der Waals surface area (Å²) in [4.78, 5) is 12.9. The number of nitrogen functional groups attached to an aromatic ring is 1. The van der Waals surface area contributed by atoms with Crippen molar-refractivity contribution in [1.82, 2.24) is 24.7 Å². The number of imidazole rings is 1. The van der Waals surface area contributed by atoms with Gasteiger partial charge in [0.2, 0.25) is 0 Å². The van der Waals surface area contributed by atoms with E-state index >= 15 is 0 Å². The maximum absolute atomic E-state index is 7.61. The molecule has 0 unspecified atom stereocenters. The number of allylic oxidation sites excluding steroid dienone is 1. The van der Waals surface area contributed by atoms with Gasteiger partial charge in [0.1, 0.15) is 5.65 Å². The number of ether oxygens (including phenoxy) is 1. The number of nitrogens with one attached hydrogen (secondary N) is 3. The van der Waals surface area contributed by atoms with Crippen LogP contribution < -0.4 is 16.4 Å². The molecule has 0 aromatic carbocycles. The zero-order valence-electron chi connectivity index (χ0n) is 15.0. The average molecular weight is 366 g/mol. The molecule has 0 saturated carbocycles. The SMILES string of the molecule is COCCN/C=C(\C=N)c1cnc(N)c(NCc2ccc3nccn3c2)n1. The van der Waals surface area contributed by atoms with Gasteiger partial charge in [-0.05, 0) is 11.6 Å². The fourth-order valence-electron chi connectivity index (χ4n) is 2.46. The van der Waals surface area contributed by atoms with E-state index in [0.29, 0.717) is 42.6 Å². The minimum Gasteiger partial charge on any atom is -0.388 e. The molecule has 0 atom stereocenters. The van der Waals surface area contributed by atoms with Crippen LogP contribution in [0.5, 0.6) is 0 Å². The first-order chi connectivity index (χ1) is 13.2. The first-order valence-corrected chi connectivity index (χ1v) is 8.42. The van der Waals surface area contributed by atoms with Crippen LogP contribution in [0.25, 0.3) is 11.2 Å². The van der Waals surface area contributed by atoms with E-state index in [1.807, 2.05) is 28.9 Å². The molecule has 0 saturated heterocycles. The van der Waals surface area contributed by atoms with Gasteiger partial charge in [0.15, 0.2) is 11.6 Å². The third kappa shape index (κ3) is 4.59. The highest BCUT2D eigenvalue weighted by Gasteiger charge is 2.08. The Morgan fingerprint density at radius 3 is 3.07 bits per heavy atom. The van der Waals surface area contributed by atoms with Crippen LogP contribution in [0.1, 0.15) is 11.3 Å². The molecule has 9 heteroatoms. The summed E-state index contributed by atoms with van der Waals surface area (Å²) in [6.07, 6.45) is 10.1. The molecule has 0 bridgehead atoms. The first-order valence-electron chi connectivity index (χ1n) is 8.42. The Morgan fingerprint density at radius 1 is 1.37 bits per heavy atom. The molecule has 3 aromatic rings. The molecule has 0 amide bonds. The lowest BCUT2D eigenvalue weighted by Gasteiger charge is -2.10. The third-order valence-corrected chi connectivity index (χ3v) is 3.87. The van der Waals surface area contributed by atoms with Gasteiger partial charge >= 0.3 is 0 Å². The fourth-order valence-corrected chi connectivity index (χ4v) is 2.46. The van der Waals surface area contributed by atoms with Gasteiger partial charge in [-0.15, -0.1) is 0 Å². The molecule has 0 aliphatic heterocycles. The van der Waals surface area contributed by atoms with E-state index in [0.717, 1.165) is 11.2 Å². The summed E-state index contributed by atoms with van der Waals surface area (Å²) in [6.45, 7) is 1.74. The number of methoxy groups -OCH3 is 1. The molecule has 0 radical (unpaired) electrons. The summed E-state index contributed by atoms with van der Waals surface area (Å²) >= 11 is 0. The Hall–Kier alpha value is -3.46. The Labute approximate surface area is 156 Å². The molecule has 5 N–H and O–H groups in total. The zero-order chi connectivity index (χ0) is 19.1. The number of aromatic nitrogens is 4. The van der Waals surface area contributed by atoms with Crippen molar-refractivity contribution < 1.29 is 4.74 Å². The van der Waals surface area contributed by atoms with E-state index in [1.54, 1.807) is 25.7 Å². The number of anilines is 2. The molecular formula is C18H22N8O. The van der Waals surface area contributed by atoms with Gasteiger partial charge in [-0.1, -0.05) is 6.07 Å². The van der Waals surface area contributed by atoms with Crippen molar-refractivity contribution in [2.75, 3.05) is 31.3 Å². The van der Waals surface area contributed by atoms with Crippen LogP contribution in [0.2, 0.25) is 0 Å². The topological polar surface area (TPSA) is 126 Å². The van der Waals surface area contributed by atoms with Gasteiger partial charge in [0.25, 0.3) is 0 Å². The molecule has 3 rings (SSSR count). The normalized spacial score (nSPS) is 11.5. The van der Waals surface area contributed by atoms with E-state index in [2.05, 4.69) is 25.6 Å². The molecular weight excluding hydrogens is 344 g/mol. The lowest BCUT2D eigenvalue weighted by Crippen LogP contribution is -2.14. The van der Waals surface area contributed by atoms with E-state index in [-0.39, 0.29) is 0 Å². The molecule has 9 nitrogen and oxygen atoms in total. The van der Waals surface area contributed by atoms with Crippen LogP contribution in [0, 0.1) is 5.41 Å². The maximum Gasteiger partial charge on any atom is 0.169 e. The van der Waals surface area contributed by atoms with Crippen molar-refractivity contribution in [2.45, 2.75) is 6.54 Å². The highest BCUT2D eigenvalue weighted by molar-refractivity contribution is 6.07. The molecule has 3 aromatic heterocycles. The smallest absolute Gasteiger partial charge is 0.169 e. The number of hydrogen-bond acceptors (Lipinski definition) is 8. The van der Waals surface area contributed by atoms with Gasteiger partial charge < -0.3 is 30.9 Å². The van der Waals surface area contributed by atoms with Crippen LogP contribution in [-0.4, -0.2) is 45.8 Å². The molecule has 0 fully saturated rings. The Morgan fingerprint density at radius 2 is 2.26 bits per heavy atom. The van der Waals surface area contributed by atoms with Gasteiger partial charge in [0, 0.05) is 56.8 Å². The fraction of sp³-hybridized carbons (Fsp3) is 0.222. The number of pyridine rings is 1. The largest absolute Gasteiger partial charge is 0.388 e. The highest BCUT2D eigenvalue weighted by Crippen LogP contribution is 2.17.